The topological polar surface area (TPSA) is 0 Å². The van der Waals surface area contributed by atoms with E-state index < -0.39 is 0 Å². The van der Waals surface area contributed by atoms with Crippen LogP contribution in [0.2, 0.25) is 0 Å². The van der Waals surface area contributed by atoms with Crippen LogP contribution in [0.1, 0.15) is 53.4 Å². The Morgan fingerprint density at radius 1 is 1.00 bits per heavy atom. The van der Waals surface area contributed by atoms with Crippen LogP contribution >= 0.6 is 0 Å². The summed E-state index contributed by atoms with van der Waals surface area (Å²) in [6, 6.07) is 0. The van der Waals surface area contributed by atoms with Gasteiger partial charge in [0.15, 0.2) is 0 Å². The zero-order chi connectivity index (χ0) is 7.54. The smallest absolute Gasteiger partial charge is 0.332 e. The van der Waals surface area contributed by atoms with Crippen LogP contribution in [0.4, 0.5) is 0 Å². The van der Waals surface area contributed by atoms with Crippen molar-refractivity contribution in [1.82, 2.24) is 0 Å². The van der Waals surface area contributed by atoms with E-state index >= 15 is 0 Å². The van der Waals surface area contributed by atoms with Gasteiger partial charge in [-0.15, -0.1) is 0 Å². The van der Waals surface area contributed by atoms with Crippen LogP contribution in [0.3, 0.4) is 0 Å². The van der Waals surface area contributed by atoms with Gasteiger partial charge in [-0.05, 0) is 0 Å². The molecule has 0 bridgehead atoms. The maximum absolute atomic E-state index is 2.21. The predicted octanol–water partition coefficient (Wildman–Crippen LogP) is 0.821. The minimum Gasteiger partial charge on any atom is -0.332 e. The van der Waals surface area contributed by atoms with Crippen molar-refractivity contribution in [3.8, 4) is 0 Å². The Balaban J connectivity index is -0.0000000910. The standard InChI is InChI=1S/C5H12.C4H9.Li/c1-3-5-4-2;1-3-4-2;/h3-5H2,1-2H3;3H,4H2,1-2H3;/q;-1;+1. The molecular formula is C9H21Li. The molecule has 0 aromatic rings. The van der Waals surface area contributed by atoms with Gasteiger partial charge in [0.1, 0.15) is 0 Å². The van der Waals surface area contributed by atoms with Crippen molar-refractivity contribution in [3.63, 3.8) is 0 Å². The molecule has 0 aliphatic carbocycles. The first-order valence-electron chi connectivity index (χ1n) is 4.11. The molecule has 0 aliphatic heterocycles. The summed E-state index contributed by atoms with van der Waals surface area (Å²) < 4.78 is 0. The van der Waals surface area contributed by atoms with E-state index in [0.29, 0.717) is 0 Å². The molecule has 10 heavy (non-hydrogen) atoms. The van der Waals surface area contributed by atoms with Crippen LogP contribution in [0.5, 0.6) is 0 Å². The second kappa shape index (κ2) is 22.6. The summed E-state index contributed by atoms with van der Waals surface area (Å²) in [4.78, 5) is 0. The van der Waals surface area contributed by atoms with Gasteiger partial charge in [0.05, 0.1) is 0 Å². The van der Waals surface area contributed by atoms with Gasteiger partial charge in [-0.25, -0.2) is 0 Å². The minimum absolute atomic E-state index is 0. The van der Waals surface area contributed by atoms with Crippen LogP contribution in [0.15, 0.2) is 0 Å². The van der Waals surface area contributed by atoms with E-state index in [9.17, 15) is 0 Å². The van der Waals surface area contributed by atoms with Crippen molar-refractivity contribution >= 4 is 0 Å². The Morgan fingerprint density at radius 2 is 1.30 bits per heavy atom. The molecular weight excluding hydrogens is 115 g/mol. The summed E-state index contributed by atoms with van der Waals surface area (Å²) >= 11 is 0. The summed E-state index contributed by atoms with van der Waals surface area (Å²) in [7, 11) is 0. The van der Waals surface area contributed by atoms with Crippen LogP contribution in [-0.2, 0) is 0 Å². The van der Waals surface area contributed by atoms with Gasteiger partial charge < -0.3 is 6.42 Å². The first-order chi connectivity index (χ1) is 4.33. The molecule has 0 fully saturated rings. The molecule has 0 atom stereocenters. The van der Waals surface area contributed by atoms with E-state index in [1.807, 2.05) is 0 Å². The van der Waals surface area contributed by atoms with Gasteiger partial charge in [-0.3, -0.25) is 0 Å². The third-order valence-electron chi connectivity index (χ3n) is 1.12. The molecule has 0 unspecified atom stereocenters. The molecule has 0 aromatic carbocycles. The Bertz CT molecular complexity index is 23.9. The maximum atomic E-state index is 2.21. The number of unbranched alkanes of at least 4 members (excludes halogenated alkanes) is 3. The third kappa shape index (κ3) is 38.3. The number of rotatable bonds is 3. The van der Waals surface area contributed by atoms with Gasteiger partial charge >= 0.3 is 18.9 Å². The first-order valence-corrected chi connectivity index (χ1v) is 4.11. The molecule has 0 heterocycles. The Morgan fingerprint density at radius 3 is 1.30 bits per heavy atom. The summed E-state index contributed by atoms with van der Waals surface area (Å²) in [5.74, 6) is 0. The Hall–Kier alpha value is 0.597. The fraction of sp³-hybridized carbons (Fsp3) is 0.889. The first kappa shape index (κ1) is 16.9. The van der Waals surface area contributed by atoms with Crippen molar-refractivity contribution in [1.29, 1.82) is 0 Å². The normalized spacial score (nSPS) is 7.20. The average molecular weight is 136 g/mol. The largest absolute Gasteiger partial charge is 1.00 e. The van der Waals surface area contributed by atoms with Crippen molar-refractivity contribution in [3.05, 3.63) is 6.42 Å². The third-order valence-corrected chi connectivity index (χ3v) is 1.12. The van der Waals surface area contributed by atoms with E-state index in [1.165, 1.54) is 25.7 Å². The molecule has 1 heteroatoms. The van der Waals surface area contributed by atoms with E-state index in [-0.39, 0.29) is 18.9 Å². The molecule has 0 N–H and O–H groups in total. The summed E-state index contributed by atoms with van der Waals surface area (Å²) in [6.07, 6.45) is 7.40. The number of hydrogen-bond acceptors (Lipinski definition) is 0. The predicted molar refractivity (Wildman–Crippen MR) is 45.5 cm³/mol. The van der Waals surface area contributed by atoms with Gasteiger partial charge in [-0.2, -0.15) is 13.3 Å². The molecule has 0 aromatic heterocycles. The second-order valence-corrected chi connectivity index (χ2v) is 2.17. The molecule has 58 valence electrons. The van der Waals surface area contributed by atoms with Gasteiger partial charge in [0.2, 0.25) is 0 Å². The minimum atomic E-state index is 0. The monoisotopic (exact) mass is 136 g/mol. The molecule has 0 radical (unpaired) electrons. The van der Waals surface area contributed by atoms with E-state index in [2.05, 4.69) is 34.1 Å². The molecule has 0 saturated carbocycles. The maximum Gasteiger partial charge on any atom is 1.00 e. The average Bonchev–Trinajstić information content (AvgIpc) is 1.91. The van der Waals surface area contributed by atoms with Crippen LogP contribution in [0, 0.1) is 6.42 Å². The van der Waals surface area contributed by atoms with E-state index in [4.69, 9.17) is 0 Å². The summed E-state index contributed by atoms with van der Waals surface area (Å²) in [6.45, 7) is 8.60. The van der Waals surface area contributed by atoms with Crippen LogP contribution < -0.4 is 18.9 Å². The Labute approximate surface area is 79.0 Å². The molecule has 0 amide bonds. The quantitative estimate of drug-likeness (QED) is 0.398. The number of hydrogen-bond donors (Lipinski definition) is 0. The van der Waals surface area contributed by atoms with Crippen molar-refractivity contribution < 1.29 is 18.9 Å². The summed E-state index contributed by atoms with van der Waals surface area (Å²) in [5.41, 5.74) is 0. The Kier molecular flexibility index (Phi) is 38.3. The van der Waals surface area contributed by atoms with Crippen LogP contribution in [-0.4, -0.2) is 0 Å². The molecule has 0 aliphatic rings. The van der Waals surface area contributed by atoms with Crippen molar-refractivity contribution in [2.24, 2.45) is 0 Å². The summed E-state index contributed by atoms with van der Waals surface area (Å²) in [5, 5.41) is 0. The fourth-order valence-electron chi connectivity index (χ4n) is 0.354. The molecule has 0 saturated heterocycles. The zero-order valence-corrected chi connectivity index (χ0v) is 8.41. The van der Waals surface area contributed by atoms with E-state index in [0.717, 1.165) is 0 Å². The van der Waals surface area contributed by atoms with Gasteiger partial charge in [-0.1, -0.05) is 40.0 Å². The molecule has 0 nitrogen and oxygen atoms in total. The van der Waals surface area contributed by atoms with E-state index in [1.54, 1.807) is 0 Å². The van der Waals surface area contributed by atoms with Crippen LogP contribution in [0.25, 0.3) is 0 Å². The van der Waals surface area contributed by atoms with Gasteiger partial charge in [0, 0.05) is 0 Å². The molecule has 0 rings (SSSR count). The molecule has 0 spiro atoms. The zero-order valence-electron chi connectivity index (χ0n) is 8.41. The van der Waals surface area contributed by atoms with Crippen molar-refractivity contribution in [2.75, 3.05) is 0 Å². The second-order valence-electron chi connectivity index (χ2n) is 2.17. The fourth-order valence-corrected chi connectivity index (χ4v) is 0.354. The SMILES string of the molecule is CCCCC.C[CH-]CC.[Li+]. The van der Waals surface area contributed by atoms with Crippen molar-refractivity contribution in [2.45, 2.75) is 53.4 Å². The van der Waals surface area contributed by atoms with Gasteiger partial charge in [0.25, 0.3) is 0 Å².